The second-order valence-corrected chi connectivity index (χ2v) is 6.89. The maximum absolute atomic E-state index is 13.7. The molecule has 0 aliphatic rings. The second kappa shape index (κ2) is 7.40. The Morgan fingerprint density at radius 1 is 1.03 bits per heavy atom. The van der Waals surface area contributed by atoms with Crippen LogP contribution in [-0.4, -0.2) is 29.5 Å². The Labute approximate surface area is 171 Å². The number of benzene rings is 2. The minimum Gasteiger partial charge on any atom is -0.365 e. The Balaban J connectivity index is 1.46. The van der Waals surface area contributed by atoms with Gasteiger partial charge in [-0.2, -0.15) is 10.2 Å². The molecule has 1 N–H and O–H groups in total. The smallest absolute Gasteiger partial charge is 0.168 e. The summed E-state index contributed by atoms with van der Waals surface area (Å²) >= 11 is 0. The summed E-state index contributed by atoms with van der Waals surface area (Å²) in [7, 11) is 1.85. The van der Waals surface area contributed by atoms with E-state index >= 15 is 0 Å². The zero-order valence-electron chi connectivity index (χ0n) is 16.2. The van der Waals surface area contributed by atoms with Gasteiger partial charge in [0, 0.05) is 30.9 Å². The molecule has 0 amide bonds. The minimum atomic E-state index is -0.289. The molecule has 0 radical (unpaired) electrons. The predicted molar refractivity (Wildman–Crippen MR) is 113 cm³/mol. The van der Waals surface area contributed by atoms with Crippen LogP contribution in [0.3, 0.4) is 0 Å². The van der Waals surface area contributed by atoms with Crippen LogP contribution in [0.4, 0.5) is 10.2 Å². The topological polar surface area (TPSA) is 73.5 Å². The van der Waals surface area contributed by atoms with E-state index in [0.717, 1.165) is 33.5 Å². The van der Waals surface area contributed by atoms with Gasteiger partial charge in [0.25, 0.3) is 0 Å². The quantitative estimate of drug-likeness (QED) is 0.484. The summed E-state index contributed by atoms with van der Waals surface area (Å²) in [6, 6.07) is 16.3. The Bertz CT molecular complexity index is 1320. The van der Waals surface area contributed by atoms with E-state index in [1.807, 2.05) is 49.6 Å². The van der Waals surface area contributed by atoms with Crippen molar-refractivity contribution in [2.45, 2.75) is 6.54 Å². The van der Waals surface area contributed by atoms with E-state index < -0.39 is 0 Å². The highest BCUT2D eigenvalue weighted by atomic mass is 19.1. The van der Waals surface area contributed by atoms with Crippen LogP contribution in [0, 0.1) is 5.82 Å². The molecule has 0 bridgehead atoms. The van der Waals surface area contributed by atoms with Crippen LogP contribution in [0.2, 0.25) is 0 Å². The molecule has 8 heteroatoms. The lowest BCUT2D eigenvalue weighted by atomic mass is 10.1. The zero-order chi connectivity index (χ0) is 20.5. The van der Waals surface area contributed by atoms with Gasteiger partial charge in [-0.3, -0.25) is 4.68 Å². The Hall–Kier alpha value is -4.07. The van der Waals surface area contributed by atoms with E-state index in [4.69, 9.17) is 0 Å². The first kappa shape index (κ1) is 18.0. The van der Waals surface area contributed by atoms with Crippen LogP contribution < -0.4 is 5.32 Å². The van der Waals surface area contributed by atoms with Gasteiger partial charge in [-0.25, -0.2) is 19.0 Å². The van der Waals surface area contributed by atoms with Crippen LogP contribution in [0.25, 0.3) is 28.0 Å². The monoisotopic (exact) mass is 399 g/mol. The third-order valence-corrected chi connectivity index (χ3v) is 4.82. The number of nitrogens with zero attached hydrogens (tertiary/aromatic N) is 6. The number of anilines is 1. The van der Waals surface area contributed by atoms with Crippen molar-refractivity contribution in [3.63, 3.8) is 0 Å². The summed E-state index contributed by atoms with van der Waals surface area (Å²) < 4.78 is 17.2. The molecule has 0 saturated carbocycles. The number of nitrogens with one attached hydrogen (secondary N) is 1. The van der Waals surface area contributed by atoms with Gasteiger partial charge in [-0.15, -0.1) is 0 Å². The van der Waals surface area contributed by atoms with Gasteiger partial charge in [-0.1, -0.05) is 30.3 Å². The summed E-state index contributed by atoms with van der Waals surface area (Å²) in [5.74, 6) is 0.388. The van der Waals surface area contributed by atoms with Crippen LogP contribution >= 0.6 is 0 Å². The molecule has 7 nitrogen and oxygen atoms in total. The second-order valence-electron chi connectivity index (χ2n) is 6.89. The standard InChI is InChI=1S/C22H18FN7/c1-29-13-16(20(28-29)15-6-5-7-17(23)10-15)11-24-21-19-12-27-30(22(19)26-14-25-21)18-8-3-2-4-9-18/h2-10,12-14H,11H2,1H3,(H,24,25,26). The highest BCUT2D eigenvalue weighted by Gasteiger charge is 2.14. The molecule has 148 valence electrons. The maximum atomic E-state index is 13.7. The van der Waals surface area contributed by atoms with Crippen molar-refractivity contribution in [2.75, 3.05) is 5.32 Å². The summed E-state index contributed by atoms with van der Waals surface area (Å²) in [5.41, 5.74) is 4.05. The normalized spacial score (nSPS) is 11.1. The fraction of sp³-hybridized carbons (Fsp3) is 0.0909. The van der Waals surface area contributed by atoms with Crippen molar-refractivity contribution in [1.29, 1.82) is 0 Å². The fourth-order valence-electron chi connectivity index (χ4n) is 3.47. The number of fused-ring (bicyclic) bond motifs is 1. The van der Waals surface area contributed by atoms with E-state index in [0.29, 0.717) is 12.4 Å². The van der Waals surface area contributed by atoms with Crippen molar-refractivity contribution >= 4 is 16.9 Å². The van der Waals surface area contributed by atoms with Gasteiger partial charge in [-0.05, 0) is 24.3 Å². The molecular weight excluding hydrogens is 381 g/mol. The Kier molecular flexibility index (Phi) is 4.44. The lowest BCUT2D eigenvalue weighted by molar-refractivity contribution is 0.628. The molecular formula is C22H18FN7. The molecule has 0 spiro atoms. The SMILES string of the molecule is Cn1cc(CNc2ncnc3c2cnn3-c2ccccc2)c(-c2cccc(F)c2)n1. The van der Waals surface area contributed by atoms with Crippen molar-refractivity contribution in [2.24, 2.45) is 7.05 Å². The van der Waals surface area contributed by atoms with E-state index in [9.17, 15) is 4.39 Å². The molecule has 0 saturated heterocycles. The highest BCUT2D eigenvalue weighted by Crippen LogP contribution is 2.25. The van der Waals surface area contributed by atoms with Crippen LogP contribution in [0.15, 0.2) is 73.3 Å². The number of halogens is 1. The summed E-state index contributed by atoms with van der Waals surface area (Å²) in [4.78, 5) is 8.79. The third-order valence-electron chi connectivity index (χ3n) is 4.82. The third kappa shape index (κ3) is 3.28. The molecule has 5 aromatic rings. The van der Waals surface area contributed by atoms with Crippen LogP contribution in [0.5, 0.6) is 0 Å². The molecule has 5 rings (SSSR count). The number of para-hydroxylation sites is 1. The van der Waals surface area contributed by atoms with Crippen LogP contribution in [-0.2, 0) is 13.6 Å². The Morgan fingerprint density at radius 2 is 1.90 bits per heavy atom. The fourth-order valence-corrected chi connectivity index (χ4v) is 3.47. The van der Waals surface area contributed by atoms with Gasteiger partial charge >= 0.3 is 0 Å². The van der Waals surface area contributed by atoms with E-state index in [2.05, 4.69) is 25.5 Å². The largest absolute Gasteiger partial charge is 0.365 e. The van der Waals surface area contributed by atoms with Crippen LogP contribution in [0.1, 0.15) is 5.56 Å². The molecule has 3 aromatic heterocycles. The number of rotatable bonds is 5. The minimum absolute atomic E-state index is 0.289. The number of hydrogen-bond acceptors (Lipinski definition) is 5. The van der Waals surface area contributed by atoms with Gasteiger partial charge < -0.3 is 5.32 Å². The van der Waals surface area contributed by atoms with Crippen molar-refractivity contribution in [3.8, 4) is 16.9 Å². The maximum Gasteiger partial charge on any atom is 0.168 e. The summed E-state index contributed by atoms with van der Waals surface area (Å²) in [6.45, 7) is 0.475. The van der Waals surface area contributed by atoms with E-state index in [1.165, 1.54) is 18.5 Å². The molecule has 0 atom stereocenters. The number of hydrogen-bond donors (Lipinski definition) is 1. The van der Waals surface area contributed by atoms with Gasteiger partial charge in [0.05, 0.1) is 23.0 Å². The molecule has 0 unspecified atom stereocenters. The van der Waals surface area contributed by atoms with Crippen molar-refractivity contribution in [3.05, 3.63) is 84.7 Å². The van der Waals surface area contributed by atoms with Crippen molar-refractivity contribution < 1.29 is 4.39 Å². The highest BCUT2D eigenvalue weighted by molar-refractivity contribution is 5.87. The average molecular weight is 399 g/mol. The van der Waals surface area contributed by atoms with E-state index in [1.54, 1.807) is 21.6 Å². The van der Waals surface area contributed by atoms with Gasteiger partial charge in [0.15, 0.2) is 5.65 Å². The van der Waals surface area contributed by atoms with E-state index in [-0.39, 0.29) is 5.82 Å². The molecule has 2 aromatic carbocycles. The summed E-state index contributed by atoms with van der Waals surface area (Å²) in [5, 5.41) is 13.1. The number of aryl methyl sites for hydroxylation is 1. The average Bonchev–Trinajstić information content (AvgIpc) is 3.36. The predicted octanol–water partition coefficient (Wildman–Crippen LogP) is 3.97. The van der Waals surface area contributed by atoms with Crippen molar-refractivity contribution in [1.82, 2.24) is 29.5 Å². The Morgan fingerprint density at radius 3 is 2.73 bits per heavy atom. The molecule has 30 heavy (non-hydrogen) atoms. The lowest BCUT2D eigenvalue weighted by Gasteiger charge is -2.07. The summed E-state index contributed by atoms with van der Waals surface area (Å²) in [6.07, 6.45) is 5.18. The molecule has 3 heterocycles. The zero-order valence-corrected chi connectivity index (χ0v) is 16.2. The number of aromatic nitrogens is 6. The molecule has 0 aliphatic heterocycles. The molecule has 0 fully saturated rings. The first-order chi connectivity index (χ1) is 14.7. The van der Waals surface area contributed by atoms with Gasteiger partial charge in [0.2, 0.25) is 0 Å². The first-order valence-corrected chi connectivity index (χ1v) is 9.45. The molecule has 0 aliphatic carbocycles. The van der Waals surface area contributed by atoms with Gasteiger partial charge in [0.1, 0.15) is 18.0 Å². The first-order valence-electron chi connectivity index (χ1n) is 9.45. The lowest BCUT2D eigenvalue weighted by Crippen LogP contribution is -2.03.